The van der Waals surface area contributed by atoms with Gasteiger partial charge in [0.2, 0.25) is 23.6 Å². The number of carboxylic acid groups (broad SMARTS) is 2. The summed E-state index contributed by atoms with van der Waals surface area (Å²) in [5, 5.41) is 25.8. The van der Waals surface area contributed by atoms with Gasteiger partial charge in [0, 0.05) is 12.8 Å². The number of aliphatic carboxylic acids is 2. The summed E-state index contributed by atoms with van der Waals surface area (Å²) >= 11 is 0. The van der Waals surface area contributed by atoms with Crippen molar-refractivity contribution in [2.24, 2.45) is 17.4 Å². The van der Waals surface area contributed by atoms with Crippen LogP contribution in [0.15, 0.2) is 30.3 Å². The topological polar surface area (TPSA) is 231 Å². The normalized spacial score (nSPS) is 14.7. The molecule has 13 heteroatoms. The molecule has 5 unspecified atom stereocenters. The van der Waals surface area contributed by atoms with Crippen molar-refractivity contribution >= 4 is 35.6 Å². The van der Waals surface area contributed by atoms with E-state index in [1.807, 2.05) is 6.07 Å². The molecule has 0 saturated carbocycles. The van der Waals surface area contributed by atoms with Crippen molar-refractivity contribution in [3.05, 3.63) is 35.9 Å². The van der Waals surface area contributed by atoms with Crippen molar-refractivity contribution in [3.8, 4) is 0 Å². The lowest BCUT2D eigenvalue weighted by Gasteiger charge is -2.28. The molecule has 0 aliphatic rings. The van der Waals surface area contributed by atoms with Crippen LogP contribution in [0.3, 0.4) is 0 Å². The number of carbonyl (C=O) groups is 6. The van der Waals surface area contributed by atoms with Crippen molar-refractivity contribution in [2.75, 3.05) is 0 Å². The highest BCUT2D eigenvalue weighted by atomic mass is 16.4. The highest BCUT2D eigenvalue weighted by Gasteiger charge is 2.33. The molecule has 5 atom stereocenters. The summed E-state index contributed by atoms with van der Waals surface area (Å²) in [5.74, 6) is -6.08. The molecule has 1 rings (SSSR count). The first-order chi connectivity index (χ1) is 17.8. The summed E-state index contributed by atoms with van der Waals surface area (Å²) in [7, 11) is 0. The average Bonchev–Trinajstić information content (AvgIpc) is 2.86. The molecule has 0 heterocycles. The minimum absolute atomic E-state index is 0.180. The SMILES string of the molecule is CCC(C)C(NC(=O)C(CCC(=O)O)NC(=O)C(N)Cc1ccccc1)C(=O)NC(CCC(N)=O)C(=O)O. The van der Waals surface area contributed by atoms with Gasteiger partial charge < -0.3 is 37.6 Å². The van der Waals surface area contributed by atoms with Crippen molar-refractivity contribution < 1.29 is 39.0 Å². The van der Waals surface area contributed by atoms with E-state index in [2.05, 4.69) is 16.0 Å². The molecule has 210 valence electrons. The van der Waals surface area contributed by atoms with Crippen LogP contribution < -0.4 is 27.4 Å². The number of benzene rings is 1. The van der Waals surface area contributed by atoms with Gasteiger partial charge in [-0.15, -0.1) is 0 Å². The molecule has 1 aromatic rings. The summed E-state index contributed by atoms with van der Waals surface area (Å²) in [6.45, 7) is 3.41. The zero-order chi connectivity index (χ0) is 28.8. The fourth-order valence-electron chi connectivity index (χ4n) is 3.54. The van der Waals surface area contributed by atoms with E-state index in [1.54, 1.807) is 38.1 Å². The summed E-state index contributed by atoms with van der Waals surface area (Å²) in [6, 6.07) is 3.98. The van der Waals surface area contributed by atoms with Crippen LogP contribution in [-0.2, 0) is 35.2 Å². The molecule has 9 N–H and O–H groups in total. The molecule has 0 fully saturated rings. The highest BCUT2D eigenvalue weighted by Crippen LogP contribution is 2.11. The van der Waals surface area contributed by atoms with Crippen LogP contribution in [0.4, 0.5) is 0 Å². The Labute approximate surface area is 220 Å². The largest absolute Gasteiger partial charge is 0.481 e. The van der Waals surface area contributed by atoms with Gasteiger partial charge in [-0.1, -0.05) is 50.6 Å². The Morgan fingerprint density at radius 3 is 1.95 bits per heavy atom. The van der Waals surface area contributed by atoms with Crippen LogP contribution in [0.2, 0.25) is 0 Å². The molecule has 0 radical (unpaired) electrons. The first kappa shape index (κ1) is 32.0. The number of nitrogens with two attached hydrogens (primary N) is 2. The van der Waals surface area contributed by atoms with Gasteiger partial charge in [0.1, 0.15) is 18.1 Å². The number of nitrogens with one attached hydrogen (secondary N) is 3. The standard InChI is InChI=1S/C25H37N5O8/c1-3-14(2)21(24(36)29-18(25(37)38)9-11-19(27)31)30-23(35)17(10-12-20(32)33)28-22(34)16(26)13-15-7-5-4-6-8-15/h4-8,14,16-18,21H,3,9-13,26H2,1-2H3,(H2,27,31)(H,28,34)(H,29,36)(H,30,35)(H,32,33)(H,37,38). The smallest absolute Gasteiger partial charge is 0.326 e. The first-order valence-corrected chi connectivity index (χ1v) is 12.3. The van der Waals surface area contributed by atoms with E-state index in [0.717, 1.165) is 5.56 Å². The van der Waals surface area contributed by atoms with Crippen LogP contribution in [0.25, 0.3) is 0 Å². The van der Waals surface area contributed by atoms with Gasteiger partial charge >= 0.3 is 11.9 Å². The summed E-state index contributed by atoms with van der Waals surface area (Å²) in [6.07, 6.45) is -0.625. The number of carbonyl (C=O) groups excluding carboxylic acids is 4. The Morgan fingerprint density at radius 1 is 0.842 bits per heavy atom. The Balaban J connectivity index is 3.01. The second-order valence-corrected chi connectivity index (χ2v) is 9.07. The monoisotopic (exact) mass is 535 g/mol. The number of rotatable bonds is 17. The van der Waals surface area contributed by atoms with E-state index in [-0.39, 0.29) is 25.7 Å². The van der Waals surface area contributed by atoms with Crippen molar-refractivity contribution in [2.45, 2.75) is 76.5 Å². The van der Waals surface area contributed by atoms with Crippen molar-refractivity contribution in [1.82, 2.24) is 16.0 Å². The predicted octanol–water partition coefficient (Wildman–Crippen LogP) is -0.728. The van der Waals surface area contributed by atoms with Crippen LogP contribution in [-0.4, -0.2) is 69.9 Å². The molecule has 4 amide bonds. The van der Waals surface area contributed by atoms with E-state index < -0.39 is 72.1 Å². The maximum Gasteiger partial charge on any atom is 0.326 e. The van der Waals surface area contributed by atoms with Crippen LogP contribution in [0.5, 0.6) is 0 Å². The molecular weight excluding hydrogens is 498 g/mol. The molecule has 0 saturated heterocycles. The maximum atomic E-state index is 13.1. The minimum Gasteiger partial charge on any atom is -0.481 e. The molecule has 1 aromatic carbocycles. The van der Waals surface area contributed by atoms with E-state index in [1.165, 1.54) is 0 Å². The van der Waals surface area contributed by atoms with Gasteiger partial charge in [0.15, 0.2) is 0 Å². The maximum absolute atomic E-state index is 13.1. The predicted molar refractivity (Wildman–Crippen MR) is 136 cm³/mol. The first-order valence-electron chi connectivity index (χ1n) is 12.3. The quantitative estimate of drug-likeness (QED) is 0.133. The summed E-state index contributed by atoms with van der Waals surface area (Å²) in [4.78, 5) is 72.5. The second-order valence-electron chi connectivity index (χ2n) is 9.07. The number of carboxylic acids is 2. The Bertz CT molecular complexity index is 987. The third kappa shape index (κ3) is 11.4. The lowest BCUT2D eigenvalue weighted by Crippen LogP contribution is -2.58. The molecule has 38 heavy (non-hydrogen) atoms. The number of hydrogen-bond acceptors (Lipinski definition) is 7. The second kappa shape index (κ2) is 16.0. The van der Waals surface area contributed by atoms with E-state index in [9.17, 15) is 33.9 Å². The molecule has 0 aromatic heterocycles. The van der Waals surface area contributed by atoms with Crippen LogP contribution >= 0.6 is 0 Å². The molecule has 0 bridgehead atoms. The zero-order valence-corrected chi connectivity index (χ0v) is 21.5. The lowest BCUT2D eigenvalue weighted by atomic mass is 9.96. The number of hydrogen-bond donors (Lipinski definition) is 7. The number of amides is 4. The fraction of sp³-hybridized carbons (Fsp3) is 0.520. The van der Waals surface area contributed by atoms with Crippen LogP contribution in [0, 0.1) is 5.92 Å². The van der Waals surface area contributed by atoms with E-state index in [0.29, 0.717) is 6.42 Å². The molecule has 0 aliphatic carbocycles. The highest BCUT2D eigenvalue weighted by molar-refractivity contribution is 5.94. The average molecular weight is 536 g/mol. The zero-order valence-electron chi connectivity index (χ0n) is 21.5. The summed E-state index contributed by atoms with van der Waals surface area (Å²) in [5.41, 5.74) is 11.9. The Hall–Kier alpha value is -4.00. The fourth-order valence-corrected chi connectivity index (χ4v) is 3.54. The Kier molecular flexibility index (Phi) is 13.5. The molecule has 0 aliphatic heterocycles. The third-order valence-electron chi connectivity index (χ3n) is 6.00. The lowest BCUT2D eigenvalue weighted by molar-refractivity contribution is -0.143. The molecule has 0 spiro atoms. The third-order valence-corrected chi connectivity index (χ3v) is 6.00. The van der Waals surface area contributed by atoms with E-state index in [4.69, 9.17) is 16.6 Å². The number of primary amides is 1. The molecular formula is C25H37N5O8. The van der Waals surface area contributed by atoms with E-state index >= 15 is 0 Å². The molecule has 13 nitrogen and oxygen atoms in total. The van der Waals surface area contributed by atoms with Gasteiger partial charge in [-0.05, 0) is 30.7 Å². The van der Waals surface area contributed by atoms with Gasteiger partial charge in [-0.3, -0.25) is 24.0 Å². The van der Waals surface area contributed by atoms with Crippen molar-refractivity contribution in [1.29, 1.82) is 0 Å². The summed E-state index contributed by atoms with van der Waals surface area (Å²) < 4.78 is 0. The van der Waals surface area contributed by atoms with Gasteiger partial charge in [-0.25, -0.2) is 4.79 Å². The van der Waals surface area contributed by atoms with Gasteiger partial charge in [-0.2, -0.15) is 0 Å². The van der Waals surface area contributed by atoms with Gasteiger partial charge in [0.05, 0.1) is 6.04 Å². The minimum atomic E-state index is -1.42. The Morgan fingerprint density at radius 2 is 1.42 bits per heavy atom. The van der Waals surface area contributed by atoms with Crippen molar-refractivity contribution in [3.63, 3.8) is 0 Å². The van der Waals surface area contributed by atoms with Crippen LogP contribution in [0.1, 0.15) is 51.5 Å². The van der Waals surface area contributed by atoms with Gasteiger partial charge in [0.25, 0.3) is 0 Å².